The van der Waals surface area contributed by atoms with Crippen LogP contribution >= 0.6 is 0 Å². The van der Waals surface area contributed by atoms with Crippen LogP contribution in [0.4, 0.5) is 0 Å². The summed E-state index contributed by atoms with van der Waals surface area (Å²) in [6.45, 7) is 3.66. The highest BCUT2D eigenvalue weighted by atomic mass is 13.9. The van der Waals surface area contributed by atoms with Gasteiger partial charge in [0.1, 0.15) is 0 Å². The summed E-state index contributed by atoms with van der Waals surface area (Å²) in [5, 5.41) is 0. The third-order valence-corrected chi connectivity index (χ3v) is 1.15. The van der Waals surface area contributed by atoms with Crippen LogP contribution < -0.4 is 0 Å². The van der Waals surface area contributed by atoms with Gasteiger partial charge >= 0.3 is 0 Å². The second-order valence-corrected chi connectivity index (χ2v) is 1.81. The number of rotatable bonds is 1. The van der Waals surface area contributed by atoms with Gasteiger partial charge in [0, 0.05) is 0 Å². The minimum absolute atomic E-state index is 1.15. The van der Waals surface area contributed by atoms with Crippen molar-refractivity contribution in [2.24, 2.45) is 0 Å². The van der Waals surface area contributed by atoms with Crippen molar-refractivity contribution in [3.8, 4) is 0 Å². The molecular weight excluding hydrogens is 108 g/mol. The zero-order valence-electron chi connectivity index (χ0n) is 5.25. The van der Waals surface area contributed by atoms with Gasteiger partial charge in [-0.05, 0) is 0 Å². The van der Waals surface area contributed by atoms with Crippen LogP contribution in [0.5, 0.6) is 0 Å². The first kappa shape index (κ1) is 5.96. The summed E-state index contributed by atoms with van der Waals surface area (Å²) in [5.74, 6) is 0. The average molecular weight is 117 g/mol. The second-order valence-electron chi connectivity index (χ2n) is 1.81. The van der Waals surface area contributed by atoms with Crippen molar-refractivity contribution < 1.29 is 0 Å². The summed E-state index contributed by atoms with van der Waals surface area (Å²) < 4.78 is 0. The molecule has 0 N–H and O–H groups in total. The standard InChI is InChI=1S/C9H9/c1-2-9-7-5-3-4-6-8-9/h2-8H,1H2/q-1. The van der Waals surface area contributed by atoms with Crippen molar-refractivity contribution >= 4 is 0 Å². The van der Waals surface area contributed by atoms with Crippen LogP contribution in [0.25, 0.3) is 0 Å². The lowest BCUT2D eigenvalue weighted by Crippen LogP contribution is -1.64. The molecule has 0 radical (unpaired) electrons. The molecule has 9 heavy (non-hydrogen) atoms. The molecule has 0 aromatic carbocycles. The summed E-state index contributed by atoms with van der Waals surface area (Å²) in [4.78, 5) is 0. The van der Waals surface area contributed by atoms with E-state index < -0.39 is 0 Å². The van der Waals surface area contributed by atoms with Gasteiger partial charge in [-0.15, -0.1) is 6.08 Å². The van der Waals surface area contributed by atoms with Gasteiger partial charge in [0.2, 0.25) is 0 Å². The zero-order chi connectivity index (χ0) is 6.53. The number of hydrogen-bond acceptors (Lipinski definition) is 0. The number of allylic oxidation sites excluding steroid dienone is 7. The third-order valence-electron chi connectivity index (χ3n) is 1.15. The normalized spacial score (nSPS) is 15.8. The molecule has 1 aliphatic rings. The Morgan fingerprint density at radius 2 is 2.33 bits per heavy atom. The van der Waals surface area contributed by atoms with Crippen molar-refractivity contribution in [2.45, 2.75) is 0 Å². The largest absolute Gasteiger partial charge is 0.172 e. The van der Waals surface area contributed by atoms with E-state index in [4.69, 9.17) is 0 Å². The van der Waals surface area contributed by atoms with Crippen molar-refractivity contribution in [1.29, 1.82) is 0 Å². The van der Waals surface area contributed by atoms with E-state index in [0.29, 0.717) is 0 Å². The van der Waals surface area contributed by atoms with Crippen LogP contribution in [-0.2, 0) is 0 Å². The molecular formula is C9H9-. The van der Waals surface area contributed by atoms with Crippen molar-refractivity contribution in [3.05, 3.63) is 55.0 Å². The summed E-state index contributed by atoms with van der Waals surface area (Å²) >= 11 is 0. The first-order valence-electron chi connectivity index (χ1n) is 2.94. The average Bonchev–Trinajstić information content (AvgIpc) is 2.13. The Balaban J connectivity index is 2.78. The van der Waals surface area contributed by atoms with E-state index in [2.05, 4.69) is 6.58 Å². The Bertz CT molecular complexity index is 180. The molecule has 0 spiro atoms. The van der Waals surface area contributed by atoms with Gasteiger partial charge in [-0.25, -0.2) is 0 Å². The van der Waals surface area contributed by atoms with E-state index >= 15 is 0 Å². The zero-order valence-corrected chi connectivity index (χ0v) is 5.25. The van der Waals surface area contributed by atoms with E-state index in [1.54, 1.807) is 0 Å². The highest BCUT2D eigenvalue weighted by Gasteiger charge is 1.75. The summed E-state index contributed by atoms with van der Waals surface area (Å²) in [7, 11) is 0. The Morgan fingerprint density at radius 3 is 3.11 bits per heavy atom. The summed E-state index contributed by atoms with van der Waals surface area (Å²) in [6, 6.07) is 0. The molecule has 0 aromatic heterocycles. The minimum atomic E-state index is 1.15. The van der Waals surface area contributed by atoms with Crippen molar-refractivity contribution in [1.82, 2.24) is 0 Å². The van der Waals surface area contributed by atoms with Gasteiger partial charge < -0.3 is 0 Å². The molecule has 0 bridgehead atoms. The Hall–Kier alpha value is -1.17. The van der Waals surface area contributed by atoms with Gasteiger partial charge in [-0.1, -0.05) is 18.2 Å². The smallest absolute Gasteiger partial charge is 0.0755 e. The van der Waals surface area contributed by atoms with Gasteiger partial charge in [0.15, 0.2) is 0 Å². The molecule has 1 rings (SSSR count). The molecule has 0 fully saturated rings. The fraction of sp³-hybridized carbons (Fsp3) is 0. The molecule has 0 saturated heterocycles. The monoisotopic (exact) mass is 117 g/mol. The maximum absolute atomic E-state index is 3.66. The van der Waals surface area contributed by atoms with E-state index in [1.165, 1.54) is 0 Å². The Morgan fingerprint density at radius 1 is 1.44 bits per heavy atom. The van der Waals surface area contributed by atoms with Crippen LogP contribution in [0.2, 0.25) is 0 Å². The Labute approximate surface area is 55.9 Å². The van der Waals surface area contributed by atoms with Gasteiger partial charge in [0.05, 0.1) is 0 Å². The fourth-order valence-electron chi connectivity index (χ4n) is 0.653. The molecule has 0 amide bonds. The van der Waals surface area contributed by atoms with Crippen LogP contribution in [0, 0.1) is 6.42 Å². The Kier molecular flexibility index (Phi) is 1.97. The van der Waals surface area contributed by atoms with Gasteiger partial charge in [0.25, 0.3) is 0 Å². The summed E-state index contributed by atoms with van der Waals surface area (Å²) in [5.41, 5.74) is 1.15. The van der Waals surface area contributed by atoms with Crippen LogP contribution in [-0.4, -0.2) is 0 Å². The van der Waals surface area contributed by atoms with Crippen LogP contribution in [0.1, 0.15) is 0 Å². The molecule has 0 aromatic rings. The molecule has 1 aliphatic carbocycles. The second kappa shape index (κ2) is 2.98. The van der Waals surface area contributed by atoms with Crippen molar-refractivity contribution in [3.63, 3.8) is 0 Å². The quantitative estimate of drug-likeness (QED) is 0.463. The first-order chi connectivity index (χ1) is 4.43. The molecule has 0 aliphatic heterocycles. The first-order valence-corrected chi connectivity index (χ1v) is 2.94. The molecule has 0 heterocycles. The molecule has 46 valence electrons. The third kappa shape index (κ3) is 1.65. The highest BCUT2D eigenvalue weighted by Crippen LogP contribution is 2.03. The predicted molar refractivity (Wildman–Crippen MR) is 40.9 cm³/mol. The van der Waals surface area contributed by atoms with Crippen molar-refractivity contribution in [2.75, 3.05) is 0 Å². The topological polar surface area (TPSA) is 0 Å². The number of hydrogen-bond donors (Lipinski definition) is 0. The maximum atomic E-state index is 3.66. The van der Waals surface area contributed by atoms with E-state index in [9.17, 15) is 0 Å². The molecule has 0 unspecified atom stereocenters. The van der Waals surface area contributed by atoms with Crippen LogP contribution in [0.15, 0.2) is 48.6 Å². The lowest BCUT2D eigenvalue weighted by molar-refractivity contribution is 1.71. The highest BCUT2D eigenvalue weighted by molar-refractivity contribution is 5.37. The minimum Gasteiger partial charge on any atom is -0.172 e. The SMILES string of the molecule is C=CC1=CC=C[CH-]C=C1. The predicted octanol–water partition coefficient (Wildman–Crippen LogP) is 2.43. The van der Waals surface area contributed by atoms with Crippen LogP contribution in [0.3, 0.4) is 0 Å². The molecule has 0 nitrogen and oxygen atoms in total. The van der Waals surface area contributed by atoms with Gasteiger partial charge in [-0.2, -0.15) is 30.7 Å². The van der Waals surface area contributed by atoms with Gasteiger partial charge in [-0.3, -0.25) is 0 Å². The lowest BCUT2D eigenvalue weighted by atomic mass is 10.2. The fourth-order valence-corrected chi connectivity index (χ4v) is 0.653. The summed E-state index contributed by atoms with van der Waals surface area (Å²) in [6.07, 6.45) is 13.9. The van der Waals surface area contributed by atoms with E-state index in [1.807, 2.05) is 42.9 Å². The molecule has 0 saturated carbocycles. The van der Waals surface area contributed by atoms with E-state index in [0.717, 1.165) is 5.57 Å². The van der Waals surface area contributed by atoms with E-state index in [-0.39, 0.29) is 0 Å². The molecule has 0 atom stereocenters. The molecule has 0 heteroatoms. The maximum Gasteiger partial charge on any atom is -0.0755 e. The lowest BCUT2D eigenvalue weighted by Gasteiger charge is -1.91.